The molecule has 0 atom stereocenters. The molecule has 0 aliphatic carbocycles. The van der Waals surface area contributed by atoms with Crippen LogP contribution in [0, 0.1) is 13.8 Å². The Balaban J connectivity index is 2.27. The molecule has 2 aromatic rings. The lowest BCUT2D eigenvalue weighted by molar-refractivity contribution is 0.0753. The lowest BCUT2D eigenvalue weighted by atomic mass is 10.1. The summed E-state index contributed by atoms with van der Waals surface area (Å²) in [6.07, 6.45) is 0. The molecule has 0 bridgehead atoms. The third kappa shape index (κ3) is 3.53. The standard InChI is InChI=1S/C16H20BrN3O/c1-12-15(13(2)19(3)18-12)16(21)20(10-9-17)11-14-7-5-4-6-8-14/h4-8H,9-11H2,1-3H3. The average Bonchev–Trinajstić information content (AvgIpc) is 2.72. The summed E-state index contributed by atoms with van der Waals surface area (Å²) in [7, 11) is 1.87. The molecule has 1 aromatic heterocycles. The second-order valence-corrected chi connectivity index (χ2v) is 5.86. The Bertz CT molecular complexity index is 622. The van der Waals surface area contributed by atoms with Gasteiger partial charge in [-0.2, -0.15) is 5.10 Å². The number of alkyl halides is 1. The van der Waals surface area contributed by atoms with Crippen LogP contribution in [0.4, 0.5) is 0 Å². The van der Waals surface area contributed by atoms with Gasteiger partial charge in [0.15, 0.2) is 0 Å². The summed E-state index contributed by atoms with van der Waals surface area (Å²) in [5.74, 6) is 0.0430. The SMILES string of the molecule is Cc1nn(C)c(C)c1C(=O)N(CCBr)Cc1ccccc1. The number of benzene rings is 1. The van der Waals surface area contributed by atoms with E-state index in [2.05, 4.69) is 21.0 Å². The van der Waals surface area contributed by atoms with Crippen molar-refractivity contribution in [1.82, 2.24) is 14.7 Å². The van der Waals surface area contributed by atoms with Crippen LogP contribution in [0.25, 0.3) is 0 Å². The summed E-state index contributed by atoms with van der Waals surface area (Å²) in [6.45, 7) is 5.09. The van der Waals surface area contributed by atoms with Gasteiger partial charge in [0.25, 0.3) is 5.91 Å². The molecule has 4 nitrogen and oxygen atoms in total. The molecule has 112 valence electrons. The first-order valence-corrected chi connectivity index (χ1v) is 8.06. The number of carbonyl (C=O) groups is 1. The van der Waals surface area contributed by atoms with Gasteiger partial charge >= 0.3 is 0 Å². The van der Waals surface area contributed by atoms with Crippen LogP contribution in [0.1, 0.15) is 27.3 Å². The molecule has 21 heavy (non-hydrogen) atoms. The van der Waals surface area contributed by atoms with Gasteiger partial charge < -0.3 is 4.90 Å². The monoisotopic (exact) mass is 349 g/mol. The maximum atomic E-state index is 12.8. The first-order chi connectivity index (χ1) is 10.0. The number of aromatic nitrogens is 2. The smallest absolute Gasteiger partial charge is 0.257 e. The molecule has 0 N–H and O–H groups in total. The fraction of sp³-hybridized carbons (Fsp3) is 0.375. The van der Waals surface area contributed by atoms with Crippen molar-refractivity contribution in [2.45, 2.75) is 20.4 Å². The van der Waals surface area contributed by atoms with Crippen molar-refractivity contribution >= 4 is 21.8 Å². The molecule has 1 aromatic carbocycles. The zero-order valence-electron chi connectivity index (χ0n) is 12.6. The summed E-state index contributed by atoms with van der Waals surface area (Å²) in [5.41, 5.74) is 3.54. The summed E-state index contributed by atoms with van der Waals surface area (Å²) >= 11 is 3.43. The molecule has 0 spiro atoms. The van der Waals surface area contributed by atoms with E-state index in [1.165, 1.54) is 0 Å². The van der Waals surface area contributed by atoms with Gasteiger partial charge in [-0.25, -0.2) is 0 Å². The Morgan fingerprint density at radius 1 is 1.29 bits per heavy atom. The van der Waals surface area contributed by atoms with E-state index in [4.69, 9.17) is 0 Å². The van der Waals surface area contributed by atoms with E-state index < -0.39 is 0 Å². The van der Waals surface area contributed by atoms with E-state index >= 15 is 0 Å². The number of hydrogen-bond donors (Lipinski definition) is 0. The lowest BCUT2D eigenvalue weighted by Gasteiger charge is -2.22. The van der Waals surface area contributed by atoms with E-state index in [0.29, 0.717) is 13.1 Å². The van der Waals surface area contributed by atoms with Crippen LogP contribution >= 0.6 is 15.9 Å². The second-order valence-electron chi connectivity index (χ2n) is 5.07. The van der Waals surface area contributed by atoms with Crippen LogP contribution < -0.4 is 0 Å². The summed E-state index contributed by atoms with van der Waals surface area (Å²) in [5, 5.41) is 5.09. The Morgan fingerprint density at radius 2 is 1.95 bits per heavy atom. The molecule has 2 rings (SSSR count). The lowest BCUT2D eigenvalue weighted by Crippen LogP contribution is -2.33. The third-order valence-corrected chi connectivity index (χ3v) is 3.94. The van der Waals surface area contributed by atoms with Crippen LogP contribution in [-0.2, 0) is 13.6 Å². The molecule has 1 heterocycles. The minimum Gasteiger partial charge on any atom is -0.333 e. The molecule has 0 aliphatic heterocycles. The van der Waals surface area contributed by atoms with Gasteiger partial charge in [-0.3, -0.25) is 9.48 Å². The molecule has 0 radical (unpaired) electrons. The Morgan fingerprint density at radius 3 is 2.48 bits per heavy atom. The van der Waals surface area contributed by atoms with Gasteiger partial charge in [0.1, 0.15) is 0 Å². The summed E-state index contributed by atoms with van der Waals surface area (Å²) < 4.78 is 1.76. The van der Waals surface area contributed by atoms with E-state index in [1.807, 2.05) is 56.1 Å². The zero-order chi connectivity index (χ0) is 15.4. The highest BCUT2D eigenvalue weighted by molar-refractivity contribution is 9.09. The van der Waals surface area contributed by atoms with Gasteiger partial charge in [-0.05, 0) is 19.4 Å². The molecule has 5 heteroatoms. The van der Waals surface area contributed by atoms with Crippen molar-refractivity contribution in [2.75, 3.05) is 11.9 Å². The largest absolute Gasteiger partial charge is 0.333 e. The summed E-state index contributed by atoms with van der Waals surface area (Å²) in [4.78, 5) is 14.7. The van der Waals surface area contributed by atoms with Gasteiger partial charge in [0.05, 0.1) is 11.3 Å². The first-order valence-electron chi connectivity index (χ1n) is 6.94. The van der Waals surface area contributed by atoms with Crippen molar-refractivity contribution < 1.29 is 4.79 Å². The van der Waals surface area contributed by atoms with E-state index in [1.54, 1.807) is 4.68 Å². The maximum absolute atomic E-state index is 12.8. The quantitative estimate of drug-likeness (QED) is 0.778. The van der Waals surface area contributed by atoms with Crippen molar-refractivity contribution in [3.8, 4) is 0 Å². The van der Waals surface area contributed by atoms with Crippen LogP contribution in [0.3, 0.4) is 0 Å². The molecule has 0 saturated heterocycles. The van der Waals surface area contributed by atoms with Crippen LogP contribution in [0.2, 0.25) is 0 Å². The molecular formula is C16H20BrN3O. The second kappa shape index (κ2) is 6.89. The number of nitrogens with zero attached hydrogens (tertiary/aromatic N) is 3. The highest BCUT2D eigenvalue weighted by Gasteiger charge is 2.22. The highest BCUT2D eigenvalue weighted by atomic mass is 79.9. The number of aryl methyl sites for hydroxylation is 2. The van der Waals surface area contributed by atoms with Gasteiger partial charge in [0.2, 0.25) is 0 Å². The number of carbonyl (C=O) groups excluding carboxylic acids is 1. The van der Waals surface area contributed by atoms with E-state index in [-0.39, 0.29) is 5.91 Å². The summed E-state index contributed by atoms with van der Waals surface area (Å²) in [6, 6.07) is 10.0. The number of halogens is 1. The molecule has 1 amide bonds. The van der Waals surface area contributed by atoms with Crippen molar-refractivity contribution in [3.05, 3.63) is 52.8 Å². The fourth-order valence-corrected chi connectivity index (χ4v) is 2.83. The Labute approximate surface area is 133 Å². The van der Waals surface area contributed by atoms with Gasteiger partial charge in [-0.15, -0.1) is 0 Å². The minimum atomic E-state index is 0.0430. The van der Waals surface area contributed by atoms with Crippen LogP contribution in [0.5, 0.6) is 0 Å². The number of rotatable bonds is 5. The maximum Gasteiger partial charge on any atom is 0.257 e. The molecule has 0 unspecified atom stereocenters. The molecule has 0 saturated carbocycles. The number of hydrogen-bond acceptors (Lipinski definition) is 2. The zero-order valence-corrected chi connectivity index (χ0v) is 14.2. The van der Waals surface area contributed by atoms with Crippen molar-refractivity contribution in [3.63, 3.8) is 0 Å². The van der Waals surface area contributed by atoms with Crippen molar-refractivity contribution in [1.29, 1.82) is 0 Å². The van der Waals surface area contributed by atoms with E-state index in [9.17, 15) is 4.79 Å². The average molecular weight is 350 g/mol. The predicted octanol–water partition coefficient (Wildman–Crippen LogP) is 3.07. The van der Waals surface area contributed by atoms with Crippen LogP contribution in [-0.4, -0.2) is 32.5 Å². The molecular weight excluding hydrogens is 330 g/mol. The third-order valence-electron chi connectivity index (χ3n) is 3.58. The van der Waals surface area contributed by atoms with E-state index in [0.717, 1.165) is 27.8 Å². The first kappa shape index (κ1) is 15.8. The predicted molar refractivity (Wildman–Crippen MR) is 87.7 cm³/mol. The number of amides is 1. The highest BCUT2D eigenvalue weighted by Crippen LogP contribution is 2.17. The molecule has 0 aliphatic rings. The van der Waals surface area contributed by atoms with Gasteiger partial charge in [0, 0.05) is 31.2 Å². The Hall–Kier alpha value is -1.62. The molecule has 0 fully saturated rings. The fourth-order valence-electron chi connectivity index (χ4n) is 2.40. The Kier molecular flexibility index (Phi) is 5.17. The van der Waals surface area contributed by atoms with Crippen LogP contribution in [0.15, 0.2) is 30.3 Å². The van der Waals surface area contributed by atoms with Gasteiger partial charge in [-0.1, -0.05) is 46.3 Å². The normalized spacial score (nSPS) is 10.7. The minimum absolute atomic E-state index is 0.0430. The van der Waals surface area contributed by atoms with Crippen molar-refractivity contribution in [2.24, 2.45) is 7.05 Å². The topological polar surface area (TPSA) is 38.1 Å².